The number of allylic oxidation sites excluding steroid dienone is 4. The topological polar surface area (TPSA) is 74.2 Å². The number of nitrogens with two attached hydrogens (primary N) is 1. The number of nitrogens with zero attached hydrogens (tertiary/aromatic N) is 2. The number of ether oxygens (including phenoxy) is 1. The van der Waals surface area contributed by atoms with Gasteiger partial charge in [0.25, 0.3) is 5.89 Å². The van der Waals surface area contributed by atoms with Gasteiger partial charge in [-0.05, 0) is 65.5 Å². The highest BCUT2D eigenvalue weighted by molar-refractivity contribution is 5.76. The van der Waals surface area contributed by atoms with Gasteiger partial charge < -0.3 is 15.0 Å². The summed E-state index contributed by atoms with van der Waals surface area (Å²) in [7, 11) is 0. The summed E-state index contributed by atoms with van der Waals surface area (Å²) in [5.41, 5.74) is 11.7. The van der Waals surface area contributed by atoms with Gasteiger partial charge in [0.15, 0.2) is 0 Å². The molecule has 0 saturated heterocycles. The van der Waals surface area contributed by atoms with Gasteiger partial charge in [0, 0.05) is 11.5 Å². The molecule has 2 N–H and O–H groups in total. The molecule has 2 heterocycles. The second-order valence-electron chi connectivity index (χ2n) is 9.34. The molecular formula is C31H23F2N3O2. The van der Waals surface area contributed by atoms with Crippen LogP contribution in [0, 0.1) is 11.6 Å². The molecule has 3 aromatic carbocycles. The zero-order valence-electron chi connectivity index (χ0n) is 20.3. The lowest BCUT2D eigenvalue weighted by molar-refractivity contribution is 0.286. The molecule has 38 heavy (non-hydrogen) atoms. The summed E-state index contributed by atoms with van der Waals surface area (Å²) < 4.78 is 40.3. The molecule has 0 fully saturated rings. The summed E-state index contributed by atoms with van der Waals surface area (Å²) in [6.07, 6.45) is 2.91. The smallest absolute Gasteiger partial charge is 0.260 e. The highest BCUT2D eigenvalue weighted by atomic mass is 19.1. The van der Waals surface area contributed by atoms with E-state index < -0.39 is 5.92 Å². The van der Waals surface area contributed by atoms with Gasteiger partial charge in [-0.15, -0.1) is 0 Å². The minimum absolute atomic E-state index is 0.0823. The Kier molecular flexibility index (Phi) is 5.96. The van der Waals surface area contributed by atoms with Gasteiger partial charge in [-0.1, -0.05) is 71.9 Å². The quantitative estimate of drug-likeness (QED) is 0.297. The first kappa shape index (κ1) is 23.6. The van der Waals surface area contributed by atoms with E-state index in [1.165, 1.54) is 24.3 Å². The van der Waals surface area contributed by atoms with E-state index in [1.807, 2.05) is 48.5 Å². The van der Waals surface area contributed by atoms with E-state index in [4.69, 9.17) is 15.0 Å². The fraction of sp³-hybridized carbons (Fsp3) is 0.0968. The molecule has 0 amide bonds. The normalized spacial score (nSPS) is 18.5. The van der Waals surface area contributed by atoms with Crippen LogP contribution in [0.15, 0.2) is 118 Å². The van der Waals surface area contributed by atoms with E-state index in [0.29, 0.717) is 41.1 Å². The molecule has 0 bridgehead atoms. The Balaban J connectivity index is 1.51. The van der Waals surface area contributed by atoms with Crippen molar-refractivity contribution in [2.24, 2.45) is 5.73 Å². The minimum Gasteiger partial charge on any atom is -0.441 e. The minimum atomic E-state index is -0.522. The molecule has 0 spiro atoms. The first-order chi connectivity index (χ1) is 18.5. The molecule has 2 aliphatic rings. The van der Waals surface area contributed by atoms with Gasteiger partial charge >= 0.3 is 0 Å². The van der Waals surface area contributed by atoms with Crippen molar-refractivity contribution in [3.05, 3.63) is 142 Å². The average Bonchev–Trinajstić information content (AvgIpc) is 3.39. The summed E-state index contributed by atoms with van der Waals surface area (Å²) in [6, 6.07) is 22.1. The van der Waals surface area contributed by atoms with Crippen LogP contribution < -0.4 is 5.73 Å². The monoisotopic (exact) mass is 507 g/mol. The first-order valence-electron chi connectivity index (χ1n) is 12.1. The third-order valence-electron chi connectivity index (χ3n) is 6.64. The molecule has 1 unspecified atom stereocenters. The SMILES string of the molecule is C=C1CC2=C(OC(N)=C(c3nc(-c4ccccc4)no3)C2c2cccc(F)c2)/C(=C/c2cccc(F)c2)C1. The Morgan fingerprint density at radius 2 is 1.68 bits per heavy atom. The van der Waals surface area contributed by atoms with Crippen molar-refractivity contribution in [2.45, 2.75) is 18.8 Å². The molecule has 5 nitrogen and oxygen atoms in total. The van der Waals surface area contributed by atoms with Crippen molar-refractivity contribution < 1.29 is 18.0 Å². The fourth-order valence-corrected chi connectivity index (χ4v) is 5.05. The largest absolute Gasteiger partial charge is 0.441 e. The number of hydrogen-bond acceptors (Lipinski definition) is 5. The third-order valence-corrected chi connectivity index (χ3v) is 6.64. The molecule has 188 valence electrons. The number of aromatic nitrogens is 2. The molecule has 1 aliphatic heterocycles. The van der Waals surface area contributed by atoms with Crippen LogP contribution in [0.3, 0.4) is 0 Å². The summed E-state index contributed by atoms with van der Waals surface area (Å²) in [5, 5.41) is 4.15. The van der Waals surface area contributed by atoms with Gasteiger partial charge in [0.05, 0.1) is 5.57 Å². The van der Waals surface area contributed by atoms with Gasteiger partial charge in [-0.25, -0.2) is 8.78 Å². The molecule has 4 aromatic rings. The second kappa shape index (κ2) is 9.59. The maximum atomic E-state index is 14.5. The Morgan fingerprint density at radius 3 is 2.45 bits per heavy atom. The molecule has 1 atom stereocenters. The lowest BCUT2D eigenvalue weighted by Gasteiger charge is -2.35. The fourth-order valence-electron chi connectivity index (χ4n) is 5.05. The third kappa shape index (κ3) is 4.43. The van der Waals surface area contributed by atoms with E-state index >= 15 is 0 Å². The van der Waals surface area contributed by atoms with Gasteiger partial charge in [-0.3, -0.25) is 0 Å². The van der Waals surface area contributed by atoms with Crippen LogP contribution in [0.25, 0.3) is 23.0 Å². The molecule has 1 aromatic heterocycles. The van der Waals surface area contributed by atoms with Crippen LogP contribution in [-0.4, -0.2) is 10.1 Å². The number of hydrogen-bond donors (Lipinski definition) is 1. The van der Waals surface area contributed by atoms with E-state index in [9.17, 15) is 8.78 Å². The van der Waals surface area contributed by atoms with Gasteiger partial charge in [-0.2, -0.15) is 4.98 Å². The Labute approximate surface area is 218 Å². The lowest BCUT2D eigenvalue weighted by Crippen LogP contribution is -2.24. The van der Waals surface area contributed by atoms with Crippen LogP contribution in [0.1, 0.15) is 35.8 Å². The highest BCUT2D eigenvalue weighted by Gasteiger charge is 2.39. The summed E-state index contributed by atoms with van der Waals surface area (Å²) in [4.78, 5) is 4.62. The predicted molar refractivity (Wildman–Crippen MR) is 141 cm³/mol. The van der Waals surface area contributed by atoms with Crippen molar-refractivity contribution in [1.82, 2.24) is 10.1 Å². The Morgan fingerprint density at radius 1 is 0.921 bits per heavy atom. The van der Waals surface area contributed by atoms with Crippen LogP contribution >= 0.6 is 0 Å². The molecule has 7 heteroatoms. The molecule has 1 aliphatic carbocycles. The summed E-state index contributed by atoms with van der Waals surface area (Å²) in [5.74, 6) is 0.00484. The molecular weight excluding hydrogens is 484 g/mol. The van der Waals surface area contributed by atoms with Crippen molar-refractivity contribution in [3.8, 4) is 11.4 Å². The van der Waals surface area contributed by atoms with Crippen LogP contribution in [0.2, 0.25) is 0 Å². The maximum Gasteiger partial charge on any atom is 0.260 e. The summed E-state index contributed by atoms with van der Waals surface area (Å²) >= 11 is 0. The number of benzene rings is 3. The van der Waals surface area contributed by atoms with Gasteiger partial charge in [0.1, 0.15) is 17.4 Å². The van der Waals surface area contributed by atoms with E-state index in [2.05, 4.69) is 16.7 Å². The number of halogens is 2. The summed E-state index contributed by atoms with van der Waals surface area (Å²) in [6.45, 7) is 4.24. The average molecular weight is 508 g/mol. The van der Waals surface area contributed by atoms with Crippen molar-refractivity contribution in [2.75, 3.05) is 0 Å². The molecule has 0 saturated carbocycles. The standard InChI is InChI=1S/C31H23F2N3O2/c1-18-13-22(15-19-7-5-11-23(32)16-19)28-25(14-18)26(21-10-6-12-24(33)17-21)27(29(34)37-28)31-35-30(36-38-31)20-8-3-2-4-9-20/h2-12,15-17,26H,1,13-14,34H2/b22-15+. The van der Waals surface area contributed by atoms with Crippen LogP contribution in [0.5, 0.6) is 0 Å². The van der Waals surface area contributed by atoms with Crippen LogP contribution in [0.4, 0.5) is 8.78 Å². The van der Waals surface area contributed by atoms with Crippen molar-refractivity contribution >= 4 is 11.6 Å². The predicted octanol–water partition coefficient (Wildman–Crippen LogP) is 7.14. The lowest BCUT2D eigenvalue weighted by atomic mass is 9.75. The zero-order chi connectivity index (χ0) is 26.2. The highest BCUT2D eigenvalue weighted by Crippen LogP contribution is 2.51. The van der Waals surface area contributed by atoms with E-state index in [0.717, 1.165) is 22.3 Å². The van der Waals surface area contributed by atoms with E-state index in [1.54, 1.807) is 12.1 Å². The maximum absolute atomic E-state index is 14.5. The number of rotatable bonds is 4. The van der Waals surface area contributed by atoms with Crippen molar-refractivity contribution in [1.29, 1.82) is 0 Å². The first-order valence-corrected chi connectivity index (χ1v) is 12.1. The second-order valence-corrected chi connectivity index (χ2v) is 9.34. The Hall–Kier alpha value is -4.78. The molecule has 0 radical (unpaired) electrons. The van der Waals surface area contributed by atoms with Crippen molar-refractivity contribution in [3.63, 3.8) is 0 Å². The van der Waals surface area contributed by atoms with E-state index in [-0.39, 0.29) is 23.4 Å². The Bertz CT molecular complexity index is 1650. The molecule has 6 rings (SSSR count). The van der Waals surface area contributed by atoms with Crippen LogP contribution in [-0.2, 0) is 4.74 Å². The van der Waals surface area contributed by atoms with Gasteiger partial charge in [0.2, 0.25) is 11.7 Å². The zero-order valence-corrected chi connectivity index (χ0v) is 20.3.